The molecule has 1 heterocycles. The summed E-state index contributed by atoms with van der Waals surface area (Å²) < 4.78 is 5.42. The number of amides is 2. The SMILES string of the molecule is CCOC1CC(NC(=O)N2CCC[C@@H]2C(=O)O)C1. The van der Waals surface area contributed by atoms with Gasteiger partial charge in [0.1, 0.15) is 6.04 Å². The maximum atomic E-state index is 11.9. The molecule has 1 atom stereocenters. The van der Waals surface area contributed by atoms with E-state index in [1.807, 2.05) is 6.92 Å². The van der Waals surface area contributed by atoms with Gasteiger partial charge in [-0.05, 0) is 32.6 Å². The summed E-state index contributed by atoms with van der Waals surface area (Å²) in [6.07, 6.45) is 3.20. The molecule has 0 radical (unpaired) electrons. The van der Waals surface area contributed by atoms with Crippen molar-refractivity contribution in [2.24, 2.45) is 0 Å². The number of aliphatic carboxylic acids is 1. The van der Waals surface area contributed by atoms with Crippen LogP contribution in [0.3, 0.4) is 0 Å². The van der Waals surface area contributed by atoms with Gasteiger partial charge in [-0.1, -0.05) is 0 Å². The highest BCUT2D eigenvalue weighted by Gasteiger charge is 2.37. The number of carboxylic acid groups (broad SMARTS) is 1. The van der Waals surface area contributed by atoms with Gasteiger partial charge in [0, 0.05) is 19.2 Å². The number of carboxylic acids is 1. The van der Waals surface area contributed by atoms with Crippen LogP contribution in [0, 0.1) is 0 Å². The van der Waals surface area contributed by atoms with Crippen LogP contribution in [0.25, 0.3) is 0 Å². The summed E-state index contributed by atoms with van der Waals surface area (Å²) in [6, 6.07) is -0.781. The normalized spacial score (nSPS) is 30.9. The van der Waals surface area contributed by atoms with E-state index in [9.17, 15) is 9.59 Å². The summed E-state index contributed by atoms with van der Waals surface area (Å²) in [4.78, 5) is 24.3. The molecule has 0 aromatic rings. The van der Waals surface area contributed by atoms with Crippen molar-refractivity contribution in [1.82, 2.24) is 10.2 Å². The molecule has 2 rings (SSSR count). The Kier molecular flexibility index (Phi) is 4.06. The molecule has 2 fully saturated rings. The molecule has 6 heteroatoms. The molecule has 1 saturated carbocycles. The molecule has 0 aromatic carbocycles. The molecule has 2 N–H and O–H groups in total. The van der Waals surface area contributed by atoms with Gasteiger partial charge in [0.15, 0.2) is 0 Å². The zero-order valence-electron chi connectivity index (χ0n) is 10.6. The van der Waals surface area contributed by atoms with Crippen molar-refractivity contribution in [1.29, 1.82) is 0 Å². The fraction of sp³-hybridized carbons (Fsp3) is 0.833. The molecule has 102 valence electrons. The largest absolute Gasteiger partial charge is 0.480 e. The predicted molar refractivity (Wildman–Crippen MR) is 64.3 cm³/mol. The van der Waals surface area contributed by atoms with Crippen molar-refractivity contribution in [3.05, 3.63) is 0 Å². The van der Waals surface area contributed by atoms with Crippen molar-refractivity contribution in [2.75, 3.05) is 13.2 Å². The van der Waals surface area contributed by atoms with Crippen molar-refractivity contribution in [2.45, 2.75) is 50.8 Å². The zero-order valence-corrected chi connectivity index (χ0v) is 10.6. The number of ether oxygens (including phenoxy) is 1. The van der Waals surface area contributed by atoms with Crippen molar-refractivity contribution < 1.29 is 19.4 Å². The molecular weight excluding hydrogens is 236 g/mol. The number of carbonyl (C=O) groups excluding carboxylic acids is 1. The third-order valence-electron chi connectivity index (χ3n) is 3.62. The third kappa shape index (κ3) is 2.75. The molecule has 1 saturated heterocycles. The minimum atomic E-state index is -0.913. The fourth-order valence-corrected chi connectivity index (χ4v) is 2.58. The molecule has 2 aliphatic rings. The van der Waals surface area contributed by atoms with E-state index in [-0.39, 0.29) is 18.2 Å². The number of hydrogen-bond donors (Lipinski definition) is 2. The number of likely N-dealkylation sites (tertiary alicyclic amines) is 1. The second kappa shape index (κ2) is 5.56. The Morgan fingerprint density at radius 2 is 2.17 bits per heavy atom. The standard InChI is InChI=1S/C12H20N2O4/c1-2-18-9-6-8(7-9)13-12(17)14-5-3-4-10(14)11(15)16/h8-10H,2-7H2,1H3,(H,13,17)(H,15,16)/t8?,9?,10-/m1/s1. The molecule has 18 heavy (non-hydrogen) atoms. The van der Waals surface area contributed by atoms with E-state index in [1.54, 1.807) is 0 Å². The van der Waals surface area contributed by atoms with E-state index in [1.165, 1.54) is 4.90 Å². The average molecular weight is 256 g/mol. The van der Waals surface area contributed by atoms with E-state index in [0.29, 0.717) is 19.6 Å². The smallest absolute Gasteiger partial charge is 0.326 e. The summed E-state index contributed by atoms with van der Waals surface area (Å²) in [5.74, 6) is -0.913. The average Bonchev–Trinajstić information content (AvgIpc) is 2.75. The summed E-state index contributed by atoms with van der Waals surface area (Å²) in [7, 11) is 0. The van der Waals surface area contributed by atoms with Crippen LogP contribution in [0.1, 0.15) is 32.6 Å². The lowest BCUT2D eigenvalue weighted by Gasteiger charge is -2.36. The van der Waals surface area contributed by atoms with Gasteiger partial charge in [0.05, 0.1) is 6.10 Å². The quantitative estimate of drug-likeness (QED) is 0.780. The first-order valence-electron chi connectivity index (χ1n) is 6.53. The Morgan fingerprint density at radius 3 is 2.78 bits per heavy atom. The van der Waals surface area contributed by atoms with Gasteiger partial charge in [-0.2, -0.15) is 0 Å². The molecular formula is C12H20N2O4. The van der Waals surface area contributed by atoms with Crippen LogP contribution in [0.5, 0.6) is 0 Å². The molecule has 6 nitrogen and oxygen atoms in total. The fourth-order valence-electron chi connectivity index (χ4n) is 2.58. The lowest BCUT2D eigenvalue weighted by Crippen LogP contribution is -2.54. The summed E-state index contributed by atoms with van der Waals surface area (Å²) in [6.45, 7) is 3.18. The van der Waals surface area contributed by atoms with Crippen molar-refractivity contribution >= 4 is 12.0 Å². The van der Waals surface area contributed by atoms with Crippen molar-refractivity contribution in [3.8, 4) is 0 Å². The van der Waals surface area contributed by atoms with Gasteiger partial charge in [-0.25, -0.2) is 9.59 Å². The van der Waals surface area contributed by atoms with Gasteiger partial charge in [-0.3, -0.25) is 0 Å². The minimum absolute atomic E-state index is 0.129. The Labute approximate surface area is 106 Å². The van der Waals surface area contributed by atoms with E-state index >= 15 is 0 Å². The van der Waals surface area contributed by atoms with E-state index in [4.69, 9.17) is 9.84 Å². The van der Waals surface area contributed by atoms with Gasteiger partial charge in [0.25, 0.3) is 0 Å². The molecule has 0 bridgehead atoms. The highest BCUT2D eigenvalue weighted by atomic mass is 16.5. The van der Waals surface area contributed by atoms with Gasteiger partial charge in [-0.15, -0.1) is 0 Å². The molecule has 0 unspecified atom stereocenters. The third-order valence-corrected chi connectivity index (χ3v) is 3.62. The first kappa shape index (κ1) is 13.1. The number of urea groups is 1. The first-order valence-corrected chi connectivity index (χ1v) is 6.53. The Bertz CT molecular complexity index is 328. The number of nitrogens with one attached hydrogen (secondary N) is 1. The van der Waals surface area contributed by atoms with Crippen LogP contribution in [0.4, 0.5) is 4.79 Å². The predicted octanol–water partition coefficient (Wildman–Crippen LogP) is 0.812. The Balaban J connectivity index is 1.77. The van der Waals surface area contributed by atoms with Crippen LogP contribution in [0.2, 0.25) is 0 Å². The van der Waals surface area contributed by atoms with Gasteiger partial charge in [0.2, 0.25) is 0 Å². The molecule has 1 aliphatic carbocycles. The monoisotopic (exact) mass is 256 g/mol. The van der Waals surface area contributed by atoms with Crippen LogP contribution in [0.15, 0.2) is 0 Å². The molecule has 1 aliphatic heterocycles. The highest BCUT2D eigenvalue weighted by Crippen LogP contribution is 2.24. The zero-order chi connectivity index (χ0) is 13.1. The molecule has 2 amide bonds. The molecule has 0 spiro atoms. The van der Waals surface area contributed by atoms with E-state index in [0.717, 1.165) is 19.3 Å². The summed E-state index contributed by atoms with van der Waals surface area (Å²) in [5.41, 5.74) is 0. The highest BCUT2D eigenvalue weighted by molar-refractivity contribution is 5.83. The maximum absolute atomic E-state index is 11.9. The van der Waals surface area contributed by atoms with Crippen LogP contribution >= 0.6 is 0 Å². The van der Waals surface area contributed by atoms with Crippen LogP contribution < -0.4 is 5.32 Å². The summed E-state index contributed by atoms with van der Waals surface area (Å²) >= 11 is 0. The lowest BCUT2D eigenvalue weighted by atomic mass is 9.89. The van der Waals surface area contributed by atoms with E-state index in [2.05, 4.69) is 5.32 Å². The minimum Gasteiger partial charge on any atom is -0.480 e. The number of carbonyl (C=O) groups is 2. The van der Waals surface area contributed by atoms with Crippen LogP contribution in [-0.4, -0.2) is 53.3 Å². The Hall–Kier alpha value is -1.30. The van der Waals surface area contributed by atoms with Gasteiger partial charge >= 0.3 is 12.0 Å². The maximum Gasteiger partial charge on any atom is 0.326 e. The topological polar surface area (TPSA) is 78.9 Å². The molecule has 0 aromatic heterocycles. The number of hydrogen-bond acceptors (Lipinski definition) is 3. The number of rotatable bonds is 4. The summed E-state index contributed by atoms with van der Waals surface area (Å²) in [5, 5.41) is 11.9. The van der Waals surface area contributed by atoms with Gasteiger partial charge < -0.3 is 20.1 Å². The Morgan fingerprint density at radius 1 is 1.44 bits per heavy atom. The van der Waals surface area contributed by atoms with E-state index < -0.39 is 12.0 Å². The number of nitrogens with zero attached hydrogens (tertiary/aromatic N) is 1. The van der Waals surface area contributed by atoms with Crippen molar-refractivity contribution in [3.63, 3.8) is 0 Å². The second-order valence-electron chi connectivity index (χ2n) is 4.88. The first-order chi connectivity index (χ1) is 8.61. The second-order valence-corrected chi connectivity index (χ2v) is 4.88. The lowest BCUT2D eigenvalue weighted by molar-refractivity contribution is -0.141. The van der Waals surface area contributed by atoms with Crippen LogP contribution in [-0.2, 0) is 9.53 Å².